The smallest absolute Gasteiger partial charge is 0.318 e. The van der Waals surface area contributed by atoms with Gasteiger partial charge in [-0.25, -0.2) is 14.5 Å². The van der Waals surface area contributed by atoms with Crippen molar-refractivity contribution in [3.8, 4) is 0 Å². The quantitative estimate of drug-likeness (QED) is 0.930. The lowest BCUT2D eigenvalue weighted by molar-refractivity contribution is 0.159. The molecule has 1 aliphatic rings. The maximum atomic E-state index is 12.5. The van der Waals surface area contributed by atoms with Crippen LogP contribution in [0.5, 0.6) is 0 Å². The summed E-state index contributed by atoms with van der Waals surface area (Å²) in [6.07, 6.45) is 7.55. The minimum absolute atomic E-state index is 0.0119. The summed E-state index contributed by atoms with van der Waals surface area (Å²) in [6, 6.07) is 0.400. The fraction of sp³-hybridized carbons (Fsp3) is 0.812. The average Bonchev–Trinajstić information content (AvgIpc) is 2.95. The van der Waals surface area contributed by atoms with Crippen molar-refractivity contribution < 1.29 is 4.79 Å². The predicted molar refractivity (Wildman–Crippen MR) is 86.5 cm³/mol. The van der Waals surface area contributed by atoms with E-state index in [1.807, 2.05) is 16.5 Å². The summed E-state index contributed by atoms with van der Waals surface area (Å²) in [5.74, 6) is 0.792. The summed E-state index contributed by atoms with van der Waals surface area (Å²) < 4.78 is 1.87. The molecule has 0 aromatic carbocycles. The molecule has 0 atom stereocenters. The highest BCUT2D eigenvalue weighted by molar-refractivity contribution is 5.74. The molecule has 1 saturated carbocycles. The second-order valence-electron chi connectivity index (χ2n) is 7.00. The van der Waals surface area contributed by atoms with Crippen LogP contribution in [0.3, 0.4) is 0 Å². The van der Waals surface area contributed by atoms with Crippen LogP contribution in [0.1, 0.15) is 65.6 Å². The summed E-state index contributed by atoms with van der Waals surface area (Å²) in [7, 11) is 0. The van der Waals surface area contributed by atoms with Gasteiger partial charge in [0.1, 0.15) is 12.2 Å². The molecule has 0 bridgehead atoms. The predicted octanol–water partition coefficient (Wildman–Crippen LogP) is 2.90. The molecule has 0 unspecified atom stereocenters. The number of nitrogens with zero attached hydrogens (tertiary/aromatic N) is 4. The molecule has 22 heavy (non-hydrogen) atoms. The maximum Gasteiger partial charge on any atom is 0.318 e. The lowest BCUT2D eigenvalue weighted by atomic mass is 9.94. The Hall–Kier alpha value is -1.59. The van der Waals surface area contributed by atoms with E-state index >= 15 is 0 Å². The first-order chi connectivity index (χ1) is 10.4. The molecule has 6 heteroatoms. The zero-order valence-corrected chi connectivity index (χ0v) is 14.3. The molecular weight excluding hydrogens is 278 g/mol. The number of hydrogen-bond donors (Lipinski definition) is 1. The first kappa shape index (κ1) is 16.8. The first-order valence-corrected chi connectivity index (χ1v) is 8.37. The van der Waals surface area contributed by atoms with E-state index in [9.17, 15) is 4.79 Å². The SMILES string of the molecule is CCN(C(=O)NCc1ncnn1C(C)(C)C)C1CCCCC1. The van der Waals surface area contributed by atoms with E-state index in [1.165, 1.54) is 19.3 Å². The van der Waals surface area contributed by atoms with Crippen molar-refractivity contribution in [1.82, 2.24) is 25.0 Å². The lowest BCUT2D eigenvalue weighted by Gasteiger charge is -2.33. The summed E-state index contributed by atoms with van der Waals surface area (Å²) in [4.78, 5) is 18.7. The van der Waals surface area contributed by atoms with Crippen molar-refractivity contribution in [2.75, 3.05) is 6.54 Å². The van der Waals surface area contributed by atoms with Crippen molar-refractivity contribution in [1.29, 1.82) is 0 Å². The third kappa shape index (κ3) is 3.99. The summed E-state index contributed by atoms with van der Waals surface area (Å²) in [5.41, 5.74) is -0.135. The van der Waals surface area contributed by atoms with Crippen LogP contribution >= 0.6 is 0 Å². The maximum absolute atomic E-state index is 12.5. The minimum Gasteiger partial charge on any atom is -0.331 e. The molecule has 1 heterocycles. The molecule has 1 fully saturated rings. The molecule has 6 nitrogen and oxygen atoms in total. The summed E-state index contributed by atoms with van der Waals surface area (Å²) in [5, 5.41) is 7.27. The van der Waals surface area contributed by atoms with Crippen LogP contribution in [0.2, 0.25) is 0 Å². The van der Waals surface area contributed by atoms with Gasteiger partial charge >= 0.3 is 6.03 Å². The first-order valence-electron chi connectivity index (χ1n) is 8.37. The Bertz CT molecular complexity index is 485. The van der Waals surface area contributed by atoms with Gasteiger partial charge in [0.2, 0.25) is 0 Å². The van der Waals surface area contributed by atoms with Crippen LogP contribution in [0.15, 0.2) is 6.33 Å². The number of carbonyl (C=O) groups excluding carboxylic acids is 1. The zero-order chi connectivity index (χ0) is 16.2. The Morgan fingerprint density at radius 1 is 1.36 bits per heavy atom. The van der Waals surface area contributed by atoms with Crippen LogP contribution in [-0.2, 0) is 12.1 Å². The number of urea groups is 1. The monoisotopic (exact) mass is 307 g/mol. The second-order valence-corrected chi connectivity index (χ2v) is 7.00. The Labute approximate surface area is 133 Å². The van der Waals surface area contributed by atoms with Crippen molar-refractivity contribution >= 4 is 6.03 Å². The number of hydrogen-bond acceptors (Lipinski definition) is 3. The van der Waals surface area contributed by atoms with E-state index in [-0.39, 0.29) is 11.6 Å². The third-order valence-corrected chi connectivity index (χ3v) is 4.27. The van der Waals surface area contributed by atoms with Gasteiger partial charge in [-0.3, -0.25) is 0 Å². The van der Waals surface area contributed by atoms with Crippen molar-refractivity contribution in [3.63, 3.8) is 0 Å². The van der Waals surface area contributed by atoms with Gasteiger partial charge in [0.05, 0.1) is 12.1 Å². The molecule has 1 aromatic rings. The number of rotatable bonds is 4. The lowest BCUT2D eigenvalue weighted by Crippen LogP contribution is -2.47. The van der Waals surface area contributed by atoms with Gasteiger partial charge in [-0.05, 0) is 40.5 Å². The minimum atomic E-state index is -0.135. The summed E-state index contributed by atoms with van der Waals surface area (Å²) in [6.45, 7) is 9.45. The van der Waals surface area contributed by atoms with Crippen molar-refractivity contribution in [2.24, 2.45) is 0 Å². The van der Waals surface area contributed by atoms with Gasteiger partial charge in [0.15, 0.2) is 0 Å². The van der Waals surface area contributed by atoms with E-state index < -0.39 is 0 Å². The third-order valence-electron chi connectivity index (χ3n) is 4.27. The largest absolute Gasteiger partial charge is 0.331 e. The highest BCUT2D eigenvalue weighted by atomic mass is 16.2. The van der Waals surface area contributed by atoms with E-state index in [0.717, 1.165) is 25.2 Å². The van der Waals surface area contributed by atoms with E-state index in [2.05, 4.69) is 36.2 Å². The van der Waals surface area contributed by atoms with Gasteiger partial charge in [0.25, 0.3) is 0 Å². The van der Waals surface area contributed by atoms with Crippen LogP contribution in [0, 0.1) is 0 Å². The molecule has 124 valence electrons. The molecule has 0 aliphatic heterocycles. The molecule has 0 radical (unpaired) electrons. The Morgan fingerprint density at radius 2 is 2.05 bits per heavy atom. The Balaban J connectivity index is 1.95. The standard InChI is InChI=1S/C16H29N5O/c1-5-20(13-9-7-6-8-10-13)15(22)17-11-14-18-12-19-21(14)16(2,3)4/h12-13H,5-11H2,1-4H3,(H,17,22). The Morgan fingerprint density at radius 3 is 2.64 bits per heavy atom. The molecule has 0 saturated heterocycles. The normalized spacial score (nSPS) is 16.5. The van der Waals surface area contributed by atoms with Crippen LogP contribution in [-0.4, -0.2) is 38.3 Å². The van der Waals surface area contributed by atoms with Crippen molar-refractivity contribution in [3.05, 3.63) is 12.2 Å². The van der Waals surface area contributed by atoms with Gasteiger partial charge < -0.3 is 10.2 Å². The van der Waals surface area contributed by atoms with Crippen LogP contribution in [0.4, 0.5) is 4.79 Å². The molecular formula is C16H29N5O. The highest BCUT2D eigenvalue weighted by Crippen LogP contribution is 2.22. The number of aromatic nitrogens is 3. The fourth-order valence-electron chi connectivity index (χ4n) is 3.16. The molecule has 1 aromatic heterocycles. The van der Waals surface area contributed by atoms with Gasteiger partial charge in [-0.15, -0.1) is 0 Å². The fourth-order valence-corrected chi connectivity index (χ4v) is 3.16. The number of amides is 2. The zero-order valence-electron chi connectivity index (χ0n) is 14.3. The molecule has 2 amide bonds. The van der Waals surface area contributed by atoms with Gasteiger partial charge in [0, 0.05) is 12.6 Å². The second kappa shape index (κ2) is 7.11. The molecule has 2 rings (SSSR count). The topological polar surface area (TPSA) is 63.1 Å². The van der Waals surface area contributed by atoms with E-state index in [4.69, 9.17) is 0 Å². The van der Waals surface area contributed by atoms with E-state index in [1.54, 1.807) is 6.33 Å². The molecule has 0 spiro atoms. The van der Waals surface area contributed by atoms with Gasteiger partial charge in [-0.1, -0.05) is 19.3 Å². The Kier molecular flexibility index (Phi) is 5.42. The van der Waals surface area contributed by atoms with Crippen LogP contribution < -0.4 is 5.32 Å². The number of nitrogens with one attached hydrogen (secondary N) is 1. The molecule has 1 N–H and O–H groups in total. The number of carbonyl (C=O) groups is 1. The summed E-state index contributed by atoms with van der Waals surface area (Å²) >= 11 is 0. The highest BCUT2D eigenvalue weighted by Gasteiger charge is 2.25. The molecule has 1 aliphatic carbocycles. The van der Waals surface area contributed by atoms with Crippen LogP contribution in [0.25, 0.3) is 0 Å². The van der Waals surface area contributed by atoms with E-state index in [0.29, 0.717) is 12.6 Å². The average molecular weight is 307 g/mol. The van der Waals surface area contributed by atoms with Gasteiger partial charge in [-0.2, -0.15) is 5.10 Å². The van der Waals surface area contributed by atoms with Crippen molar-refractivity contribution in [2.45, 2.75) is 77.9 Å².